The first-order valence-corrected chi connectivity index (χ1v) is 9.44. The van der Waals surface area contributed by atoms with Gasteiger partial charge in [-0.3, -0.25) is 0 Å². The van der Waals surface area contributed by atoms with E-state index in [1.807, 2.05) is 6.92 Å². The second kappa shape index (κ2) is 8.82. The lowest BCUT2D eigenvalue weighted by Gasteiger charge is -2.44. The number of rotatable bonds is 9. The summed E-state index contributed by atoms with van der Waals surface area (Å²) in [7, 11) is 0. The molecule has 0 saturated heterocycles. The zero-order valence-corrected chi connectivity index (χ0v) is 16.7. The summed E-state index contributed by atoms with van der Waals surface area (Å²) in [6, 6.07) is 0. The minimum absolute atomic E-state index is 0.186. The van der Waals surface area contributed by atoms with Gasteiger partial charge < -0.3 is 5.11 Å². The van der Waals surface area contributed by atoms with E-state index in [1.165, 1.54) is 6.42 Å². The van der Waals surface area contributed by atoms with Crippen molar-refractivity contribution >= 4 is 12.6 Å². The molecule has 0 spiro atoms. The molecular formula is C19H40OS. The largest absolute Gasteiger partial charge is 0.390 e. The Bertz CT molecular complexity index is 289. The molecule has 8 atom stereocenters. The topological polar surface area (TPSA) is 20.2 Å². The maximum Gasteiger partial charge on any atom is 0.0683 e. The maximum absolute atomic E-state index is 11.1. The zero-order chi connectivity index (χ0) is 17.0. The van der Waals surface area contributed by atoms with Crippen LogP contribution in [0.25, 0.3) is 0 Å². The average Bonchev–Trinajstić information content (AvgIpc) is 2.48. The molecule has 0 aliphatic rings. The van der Waals surface area contributed by atoms with Crippen molar-refractivity contribution in [3.8, 4) is 0 Å². The molecule has 0 aliphatic heterocycles. The van der Waals surface area contributed by atoms with E-state index in [0.717, 1.165) is 6.42 Å². The van der Waals surface area contributed by atoms with Crippen molar-refractivity contribution in [3.05, 3.63) is 0 Å². The van der Waals surface area contributed by atoms with Crippen LogP contribution >= 0.6 is 12.6 Å². The van der Waals surface area contributed by atoms with E-state index in [9.17, 15) is 5.11 Å². The third-order valence-electron chi connectivity index (χ3n) is 6.76. The number of hydrogen-bond acceptors (Lipinski definition) is 2. The van der Waals surface area contributed by atoms with E-state index in [0.29, 0.717) is 29.6 Å². The fourth-order valence-corrected chi connectivity index (χ4v) is 3.92. The van der Waals surface area contributed by atoms with Crippen LogP contribution in [0.3, 0.4) is 0 Å². The third-order valence-corrected chi connectivity index (χ3v) is 7.68. The molecule has 0 fully saturated rings. The molecule has 8 unspecified atom stereocenters. The number of thiol groups is 1. The van der Waals surface area contributed by atoms with Gasteiger partial charge in [0.15, 0.2) is 0 Å². The molecule has 1 nitrogen and oxygen atoms in total. The standard InChI is InChI=1S/C19H40OS/c1-10-12(3)14(5)15(6)18(21)17(8)19(9,20)16(7)13(4)11-2/h12-18,20-21H,10-11H2,1-9H3. The van der Waals surface area contributed by atoms with Crippen LogP contribution in [-0.2, 0) is 0 Å². The highest BCUT2D eigenvalue weighted by molar-refractivity contribution is 7.81. The highest BCUT2D eigenvalue weighted by atomic mass is 32.1. The molecule has 0 heterocycles. The molecule has 1 N–H and O–H groups in total. The van der Waals surface area contributed by atoms with Gasteiger partial charge in [-0.25, -0.2) is 0 Å². The monoisotopic (exact) mass is 316 g/mol. The van der Waals surface area contributed by atoms with Gasteiger partial charge in [0.25, 0.3) is 0 Å². The number of aliphatic hydroxyl groups is 1. The molecule has 0 bridgehead atoms. The molecule has 2 heteroatoms. The SMILES string of the molecule is CCC(C)C(C)C(C)C(S)C(C)C(C)(O)C(C)C(C)CC. The van der Waals surface area contributed by atoms with Gasteiger partial charge in [-0.05, 0) is 42.4 Å². The molecule has 0 saturated carbocycles. The smallest absolute Gasteiger partial charge is 0.0683 e. The summed E-state index contributed by atoms with van der Waals surface area (Å²) in [4.78, 5) is 0. The molecule has 0 amide bonds. The van der Waals surface area contributed by atoms with Crippen molar-refractivity contribution in [2.24, 2.45) is 35.5 Å². The lowest BCUT2D eigenvalue weighted by molar-refractivity contribution is -0.0659. The summed E-state index contributed by atoms with van der Waals surface area (Å²) in [5, 5.41) is 11.3. The second-order valence-electron chi connectivity index (χ2n) is 7.78. The van der Waals surface area contributed by atoms with Crippen LogP contribution in [0, 0.1) is 35.5 Å². The lowest BCUT2D eigenvalue weighted by Crippen LogP contribution is -2.48. The first-order valence-electron chi connectivity index (χ1n) is 8.92. The van der Waals surface area contributed by atoms with Crippen molar-refractivity contribution in [2.75, 3.05) is 0 Å². The van der Waals surface area contributed by atoms with E-state index in [1.54, 1.807) is 0 Å². The quantitative estimate of drug-likeness (QED) is 0.525. The predicted octanol–water partition coefficient (Wildman–Crippen LogP) is 5.67. The summed E-state index contributed by atoms with van der Waals surface area (Å²) in [6.07, 6.45) is 2.32. The van der Waals surface area contributed by atoms with Gasteiger partial charge in [-0.2, -0.15) is 12.6 Å². The van der Waals surface area contributed by atoms with Crippen LogP contribution in [0.4, 0.5) is 0 Å². The Balaban J connectivity index is 5.00. The first kappa shape index (κ1) is 21.3. The van der Waals surface area contributed by atoms with Crippen LogP contribution < -0.4 is 0 Å². The normalized spacial score (nSPS) is 25.3. The van der Waals surface area contributed by atoms with Gasteiger partial charge in [-0.15, -0.1) is 0 Å². The zero-order valence-electron chi connectivity index (χ0n) is 15.9. The van der Waals surface area contributed by atoms with Gasteiger partial charge in [0, 0.05) is 5.25 Å². The van der Waals surface area contributed by atoms with Gasteiger partial charge in [0.05, 0.1) is 5.60 Å². The molecular weight excluding hydrogens is 276 g/mol. The Hall–Kier alpha value is 0.310. The van der Waals surface area contributed by atoms with Crippen LogP contribution in [0.2, 0.25) is 0 Å². The van der Waals surface area contributed by atoms with Crippen LogP contribution in [0.5, 0.6) is 0 Å². The molecule has 128 valence electrons. The molecule has 0 radical (unpaired) electrons. The van der Waals surface area contributed by atoms with E-state index in [4.69, 9.17) is 12.6 Å². The van der Waals surface area contributed by atoms with E-state index in [-0.39, 0.29) is 11.2 Å². The highest BCUT2D eigenvalue weighted by Gasteiger charge is 2.41. The Labute approximate surface area is 139 Å². The third kappa shape index (κ3) is 5.16. The molecule has 21 heavy (non-hydrogen) atoms. The van der Waals surface area contributed by atoms with E-state index < -0.39 is 5.60 Å². The highest BCUT2D eigenvalue weighted by Crippen LogP contribution is 2.40. The first-order chi connectivity index (χ1) is 9.52. The molecule has 0 aliphatic carbocycles. The maximum atomic E-state index is 11.1. The Morgan fingerprint density at radius 3 is 1.62 bits per heavy atom. The fraction of sp³-hybridized carbons (Fsp3) is 1.00. The van der Waals surface area contributed by atoms with Crippen molar-refractivity contribution in [3.63, 3.8) is 0 Å². The molecule has 0 aromatic heterocycles. The minimum atomic E-state index is -0.661. The van der Waals surface area contributed by atoms with Crippen LogP contribution in [0.15, 0.2) is 0 Å². The summed E-state index contributed by atoms with van der Waals surface area (Å²) in [6.45, 7) is 20.0. The summed E-state index contributed by atoms with van der Waals surface area (Å²) >= 11 is 4.92. The summed E-state index contributed by atoms with van der Waals surface area (Å²) in [5.41, 5.74) is -0.661. The second-order valence-corrected chi connectivity index (χ2v) is 8.38. The van der Waals surface area contributed by atoms with Crippen molar-refractivity contribution < 1.29 is 5.11 Å². The fourth-order valence-electron chi connectivity index (χ4n) is 3.35. The van der Waals surface area contributed by atoms with E-state index >= 15 is 0 Å². The minimum Gasteiger partial charge on any atom is -0.390 e. The number of hydrogen-bond donors (Lipinski definition) is 2. The van der Waals surface area contributed by atoms with Crippen molar-refractivity contribution in [2.45, 2.75) is 86.0 Å². The Kier molecular flexibility index (Phi) is 8.95. The summed E-state index contributed by atoms with van der Waals surface area (Å²) in [5.74, 6) is 2.86. The predicted molar refractivity (Wildman–Crippen MR) is 99.0 cm³/mol. The van der Waals surface area contributed by atoms with Gasteiger partial charge in [0.2, 0.25) is 0 Å². The van der Waals surface area contributed by atoms with Gasteiger partial charge in [-0.1, -0.05) is 68.2 Å². The Morgan fingerprint density at radius 1 is 0.810 bits per heavy atom. The van der Waals surface area contributed by atoms with Gasteiger partial charge >= 0.3 is 0 Å². The van der Waals surface area contributed by atoms with Crippen LogP contribution in [0.1, 0.15) is 75.2 Å². The molecule has 0 rings (SSSR count). The lowest BCUT2D eigenvalue weighted by atomic mass is 9.69. The average molecular weight is 317 g/mol. The Morgan fingerprint density at radius 2 is 1.24 bits per heavy atom. The van der Waals surface area contributed by atoms with E-state index in [2.05, 4.69) is 55.4 Å². The van der Waals surface area contributed by atoms with Crippen molar-refractivity contribution in [1.29, 1.82) is 0 Å². The molecule has 0 aromatic rings. The summed E-state index contributed by atoms with van der Waals surface area (Å²) < 4.78 is 0. The van der Waals surface area contributed by atoms with Gasteiger partial charge in [0.1, 0.15) is 0 Å². The van der Waals surface area contributed by atoms with Crippen molar-refractivity contribution in [1.82, 2.24) is 0 Å². The van der Waals surface area contributed by atoms with Crippen LogP contribution in [-0.4, -0.2) is 16.0 Å². The molecule has 0 aromatic carbocycles.